The van der Waals surface area contributed by atoms with Gasteiger partial charge >= 0.3 is 0 Å². The van der Waals surface area contributed by atoms with Crippen LogP contribution >= 0.6 is 0 Å². The number of likely N-dealkylation sites (tertiary alicyclic amines) is 1. The molecule has 0 saturated carbocycles. The molecule has 124 valence electrons. The van der Waals surface area contributed by atoms with E-state index in [9.17, 15) is 4.79 Å². The van der Waals surface area contributed by atoms with Gasteiger partial charge in [-0.05, 0) is 45.2 Å². The first-order valence-electron chi connectivity index (χ1n) is 8.77. The molecule has 0 aromatic carbocycles. The molecule has 0 aromatic rings. The van der Waals surface area contributed by atoms with E-state index in [0.717, 1.165) is 19.4 Å². The molecule has 0 radical (unpaired) electrons. The summed E-state index contributed by atoms with van der Waals surface area (Å²) >= 11 is 0. The molecule has 0 aliphatic carbocycles. The minimum Gasteiger partial charge on any atom is -0.353 e. The molecule has 0 aromatic heterocycles. The van der Waals surface area contributed by atoms with Gasteiger partial charge in [-0.2, -0.15) is 0 Å². The molecule has 0 spiro atoms. The van der Waals surface area contributed by atoms with E-state index in [1.54, 1.807) is 0 Å². The van der Waals surface area contributed by atoms with Gasteiger partial charge in [-0.15, -0.1) is 0 Å². The molecule has 4 heteroatoms. The minimum absolute atomic E-state index is 0.000460. The van der Waals surface area contributed by atoms with Crippen LogP contribution in [0, 0.1) is 5.92 Å². The smallest absolute Gasteiger partial charge is 0.239 e. The lowest BCUT2D eigenvalue weighted by Crippen LogP contribution is -2.55. The van der Waals surface area contributed by atoms with Crippen LogP contribution in [-0.4, -0.2) is 42.0 Å². The van der Waals surface area contributed by atoms with Gasteiger partial charge in [0.1, 0.15) is 0 Å². The summed E-state index contributed by atoms with van der Waals surface area (Å²) in [6.07, 6.45) is 6.58. The molecule has 1 rings (SSSR count). The van der Waals surface area contributed by atoms with E-state index in [1.165, 1.54) is 38.8 Å². The Morgan fingerprint density at radius 2 is 1.81 bits per heavy atom. The molecule has 3 N–H and O–H groups in total. The lowest BCUT2D eigenvalue weighted by Gasteiger charge is -2.35. The maximum Gasteiger partial charge on any atom is 0.239 e. The third-order valence-corrected chi connectivity index (χ3v) is 4.96. The van der Waals surface area contributed by atoms with Crippen LogP contribution in [0.25, 0.3) is 0 Å². The van der Waals surface area contributed by atoms with Gasteiger partial charge in [-0.25, -0.2) is 0 Å². The zero-order valence-corrected chi connectivity index (χ0v) is 14.5. The van der Waals surface area contributed by atoms with Crippen LogP contribution in [0.15, 0.2) is 0 Å². The van der Waals surface area contributed by atoms with Crippen molar-refractivity contribution in [1.29, 1.82) is 0 Å². The molecular weight excluding hydrogens is 262 g/mol. The fraction of sp³-hybridized carbons (Fsp3) is 0.941. The molecule has 1 aliphatic rings. The van der Waals surface area contributed by atoms with Crippen molar-refractivity contribution in [2.24, 2.45) is 11.7 Å². The number of hydrogen-bond acceptors (Lipinski definition) is 3. The van der Waals surface area contributed by atoms with Crippen LogP contribution in [0.5, 0.6) is 0 Å². The summed E-state index contributed by atoms with van der Waals surface area (Å²) in [5.74, 6) is 0.651. The van der Waals surface area contributed by atoms with Gasteiger partial charge in [0, 0.05) is 12.6 Å². The first-order chi connectivity index (χ1) is 9.96. The number of nitrogens with two attached hydrogens (primary N) is 1. The van der Waals surface area contributed by atoms with Crippen molar-refractivity contribution in [2.45, 2.75) is 77.8 Å². The first-order valence-corrected chi connectivity index (χ1v) is 8.77. The summed E-state index contributed by atoms with van der Waals surface area (Å²) in [6, 6.07) is 0.462. The first kappa shape index (κ1) is 18.4. The minimum atomic E-state index is -0.738. The van der Waals surface area contributed by atoms with Crippen LogP contribution in [-0.2, 0) is 4.79 Å². The van der Waals surface area contributed by atoms with E-state index >= 15 is 0 Å². The van der Waals surface area contributed by atoms with E-state index < -0.39 is 5.54 Å². The molecule has 0 bridgehead atoms. The largest absolute Gasteiger partial charge is 0.353 e. The Balaban J connectivity index is 2.62. The van der Waals surface area contributed by atoms with Crippen molar-refractivity contribution in [2.75, 3.05) is 19.6 Å². The van der Waals surface area contributed by atoms with Crippen LogP contribution in [0.2, 0.25) is 0 Å². The molecule has 1 amide bonds. The summed E-state index contributed by atoms with van der Waals surface area (Å²) in [4.78, 5) is 14.9. The number of amides is 1. The van der Waals surface area contributed by atoms with E-state index in [-0.39, 0.29) is 5.91 Å². The van der Waals surface area contributed by atoms with Crippen molar-refractivity contribution in [3.63, 3.8) is 0 Å². The lowest BCUT2D eigenvalue weighted by molar-refractivity contribution is -0.126. The van der Waals surface area contributed by atoms with Crippen LogP contribution in [0.4, 0.5) is 0 Å². The van der Waals surface area contributed by atoms with Crippen LogP contribution in [0.3, 0.4) is 0 Å². The second-order valence-electron chi connectivity index (χ2n) is 6.76. The SMILES string of the molecule is CCCC(C)(N)C(=O)NCC(C(CC)CC)N1CCCC1. The Morgan fingerprint density at radius 3 is 2.29 bits per heavy atom. The van der Waals surface area contributed by atoms with Crippen LogP contribution < -0.4 is 11.1 Å². The van der Waals surface area contributed by atoms with Gasteiger partial charge < -0.3 is 11.1 Å². The summed E-state index contributed by atoms with van der Waals surface area (Å²) in [7, 11) is 0. The highest BCUT2D eigenvalue weighted by atomic mass is 16.2. The van der Waals surface area contributed by atoms with Gasteiger partial charge in [0.25, 0.3) is 0 Å². The maximum atomic E-state index is 12.3. The molecule has 2 atom stereocenters. The molecule has 1 aliphatic heterocycles. The van der Waals surface area contributed by atoms with E-state index in [1.807, 2.05) is 6.92 Å². The van der Waals surface area contributed by atoms with Gasteiger partial charge in [0.2, 0.25) is 5.91 Å². The van der Waals surface area contributed by atoms with Gasteiger partial charge in [-0.1, -0.05) is 40.0 Å². The van der Waals surface area contributed by atoms with Gasteiger partial charge in [0.05, 0.1) is 5.54 Å². The highest BCUT2D eigenvalue weighted by Gasteiger charge is 2.31. The number of nitrogens with zero attached hydrogens (tertiary/aromatic N) is 1. The highest BCUT2D eigenvalue weighted by molar-refractivity contribution is 5.85. The Morgan fingerprint density at radius 1 is 1.24 bits per heavy atom. The predicted octanol–water partition coefficient (Wildman–Crippen LogP) is 2.52. The summed E-state index contributed by atoms with van der Waals surface area (Å²) < 4.78 is 0. The molecule has 1 fully saturated rings. The number of nitrogens with one attached hydrogen (secondary N) is 1. The average molecular weight is 297 g/mol. The summed E-state index contributed by atoms with van der Waals surface area (Å²) in [6.45, 7) is 11.5. The van der Waals surface area contributed by atoms with E-state index in [0.29, 0.717) is 12.0 Å². The van der Waals surface area contributed by atoms with Crippen molar-refractivity contribution in [1.82, 2.24) is 10.2 Å². The Hall–Kier alpha value is -0.610. The standard InChI is InChI=1S/C17H35N3O/c1-5-10-17(4,18)16(21)19-13-15(14(6-2)7-3)20-11-8-9-12-20/h14-15H,5-13,18H2,1-4H3,(H,19,21). The van der Waals surface area contributed by atoms with Crippen molar-refractivity contribution in [3.05, 3.63) is 0 Å². The molecule has 2 unspecified atom stereocenters. The zero-order chi connectivity index (χ0) is 15.9. The fourth-order valence-corrected chi connectivity index (χ4v) is 3.53. The maximum absolute atomic E-state index is 12.3. The Labute approximate surface area is 130 Å². The highest BCUT2D eigenvalue weighted by Crippen LogP contribution is 2.22. The quantitative estimate of drug-likeness (QED) is 0.687. The fourth-order valence-electron chi connectivity index (χ4n) is 3.53. The summed E-state index contributed by atoms with van der Waals surface area (Å²) in [5, 5.41) is 3.13. The predicted molar refractivity (Wildman–Crippen MR) is 89.2 cm³/mol. The molecule has 21 heavy (non-hydrogen) atoms. The number of hydrogen-bond donors (Lipinski definition) is 2. The molecule has 1 heterocycles. The Bertz CT molecular complexity index is 305. The monoisotopic (exact) mass is 297 g/mol. The Kier molecular flexibility index (Phi) is 7.67. The molecular formula is C17H35N3O. The molecule has 4 nitrogen and oxygen atoms in total. The number of rotatable bonds is 9. The normalized spacial score (nSPS) is 20.5. The van der Waals surface area contributed by atoms with E-state index in [4.69, 9.17) is 5.73 Å². The average Bonchev–Trinajstić information content (AvgIpc) is 2.96. The topological polar surface area (TPSA) is 58.4 Å². The van der Waals surface area contributed by atoms with Crippen molar-refractivity contribution >= 4 is 5.91 Å². The third kappa shape index (κ3) is 5.26. The van der Waals surface area contributed by atoms with Gasteiger partial charge in [-0.3, -0.25) is 9.69 Å². The molecule has 1 saturated heterocycles. The third-order valence-electron chi connectivity index (χ3n) is 4.96. The number of carbonyl (C=O) groups is 1. The van der Waals surface area contributed by atoms with Crippen molar-refractivity contribution in [3.8, 4) is 0 Å². The summed E-state index contributed by atoms with van der Waals surface area (Å²) in [5.41, 5.74) is 5.39. The van der Waals surface area contributed by atoms with Crippen molar-refractivity contribution < 1.29 is 4.79 Å². The zero-order valence-electron chi connectivity index (χ0n) is 14.5. The second kappa shape index (κ2) is 8.74. The lowest BCUT2D eigenvalue weighted by atomic mass is 9.92. The van der Waals surface area contributed by atoms with Gasteiger partial charge in [0.15, 0.2) is 0 Å². The number of carbonyl (C=O) groups excluding carboxylic acids is 1. The second-order valence-corrected chi connectivity index (χ2v) is 6.76. The van der Waals surface area contributed by atoms with E-state index in [2.05, 4.69) is 31.0 Å². The van der Waals surface area contributed by atoms with Crippen LogP contribution in [0.1, 0.15) is 66.2 Å².